The predicted molar refractivity (Wildman–Crippen MR) is 104 cm³/mol. The van der Waals surface area contributed by atoms with Crippen molar-refractivity contribution in [3.05, 3.63) is 52.0 Å². The molecule has 5 heteroatoms. The first-order valence-electron chi connectivity index (χ1n) is 9.29. The lowest BCUT2D eigenvalue weighted by atomic mass is 9.75. The third-order valence-electron chi connectivity index (χ3n) is 5.09. The molecule has 3 rings (SSSR count). The zero-order valence-electron chi connectivity index (χ0n) is 16.8. The van der Waals surface area contributed by atoms with Crippen molar-refractivity contribution in [1.82, 2.24) is 0 Å². The van der Waals surface area contributed by atoms with E-state index in [9.17, 15) is 10.0 Å². The fourth-order valence-corrected chi connectivity index (χ4v) is 3.75. The number of esters is 1. The van der Waals surface area contributed by atoms with Crippen LogP contribution in [0.15, 0.2) is 27.8 Å². The summed E-state index contributed by atoms with van der Waals surface area (Å²) in [5.74, 6) is 1.12. The van der Waals surface area contributed by atoms with E-state index in [2.05, 4.69) is 32.9 Å². The van der Waals surface area contributed by atoms with E-state index in [0.29, 0.717) is 35.6 Å². The van der Waals surface area contributed by atoms with Crippen LogP contribution in [0.1, 0.15) is 78.6 Å². The Morgan fingerprint density at radius 3 is 2.59 bits per heavy atom. The van der Waals surface area contributed by atoms with Gasteiger partial charge in [0, 0.05) is 17.5 Å². The van der Waals surface area contributed by atoms with Crippen molar-refractivity contribution < 1.29 is 19.2 Å². The van der Waals surface area contributed by atoms with Crippen LogP contribution in [0.5, 0.6) is 5.75 Å². The maximum absolute atomic E-state index is 12.9. The summed E-state index contributed by atoms with van der Waals surface area (Å²) >= 11 is 0. The number of oxime groups is 1. The highest BCUT2D eigenvalue weighted by Crippen LogP contribution is 2.39. The number of carbonyl (C=O) groups is 1. The quantitative estimate of drug-likeness (QED) is 0.341. The fourth-order valence-electron chi connectivity index (χ4n) is 3.75. The molecule has 144 valence electrons. The summed E-state index contributed by atoms with van der Waals surface area (Å²) in [6, 6.07) is 5.87. The number of aryl methyl sites for hydroxylation is 1. The van der Waals surface area contributed by atoms with E-state index in [0.717, 1.165) is 16.7 Å². The Morgan fingerprint density at radius 2 is 1.96 bits per heavy atom. The molecule has 0 bridgehead atoms. The molecule has 1 heterocycles. The number of hydrogen-bond acceptors (Lipinski definition) is 5. The Labute approximate surface area is 160 Å². The lowest BCUT2D eigenvalue weighted by Crippen LogP contribution is -2.27. The largest absolute Gasteiger partial charge is 0.453 e. The van der Waals surface area contributed by atoms with Gasteiger partial charge in [0.05, 0.1) is 5.71 Å². The van der Waals surface area contributed by atoms with Gasteiger partial charge in [-0.3, -0.25) is 0 Å². The number of hydrogen-bond donors (Lipinski definition) is 1. The van der Waals surface area contributed by atoms with Gasteiger partial charge in [-0.1, -0.05) is 45.0 Å². The van der Waals surface area contributed by atoms with Crippen molar-refractivity contribution in [3.63, 3.8) is 0 Å². The van der Waals surface area contributed by atoms with Crippen molar-refractivity contribution in [2.45, 2.75) is 60.3 Å². The third kappa shape index (κ3) is 3.64. The topological polar surface area (TPSA) is 72.0 Å². The number of benzene rings is 1. The first-order chi connectivity index (χ1) is 12.6. The number of carbonyl (C=O) groups excluding carboxylic acids is 1. The molecule has 1 aromatic heterocycles. The van der Waals surface area contributed by atoms with Gasteiger partial charge in [0.2, 0.25) is 5.76 Å². The van der Waals surface area contributed by atoms with Crippen LogP contribution in [0, 0.1) is 19.3 Å². The minimum atomic E-state index is -0.524. The van der Waals surface area contributed by atoms with Crippen LogP contribution in [0.3, 0.4) is 0 Å². The maximum Gasteiger partial charge on any atom is 0.379 e. The Kier molecular flexibility index (Phi) is 4.89. The van der Waals surface area contributed by atoms with E-state index in [1.54, 1.807) is 0 Å². The number of rotatable bonds is 3. The van der Waals surface area contributed by atoms with E-state index in [1.807, 2.05) is 32.0 Å². The van der Waals surface area contributed by atoms with Gasteiger partial charge in [-0.15, -0.1) is 0 Å². The van der Waals surface area contributed by atoms with Gasteiger partial charge < -0.3 is 14.4 Å². The summed E-state index contributed by atoms with van der Waals surface area (Å²) in [5, 5.41) is 12.9. The fraction of sp³-hybridized carbons (Fsp3) is 0.455. The molecule has 1 aliphatic carbocycles. The number of nitrogens with zero attached hydrogens (tertiary/aromatic N) is 1. The molecule has 2 aromatic rings. The van der Waals surface area contributed by atoms with Crippen LogP contribution < -0.4 is 4.74 Å². The molecule has 0 spiro atoms. The first kappa shape index (κ1) is 19.2. The van der Waals surface area contributed by atoms with Gasteiger partial charge in [-0.25, -0.2) is 4.79 Å². The minimum absolute atomic E-state index is 0.0958. The zero-order valence-corrected chi connectivity index (χ0v) is 16.8. The lowest BCUT2D eigenvalue weighted by molar-refractivity contribution is 0.0695. The molecule has 1 aliphatic rings. The molecule has 0 saturated heterocycles. The highest BCUT2D eigenvalue weighted by Gasteiger charge is 2.36. The van der Waals surface area contributed by atoms with Crippen LogP contribution >= 0.6 is 0 Å². The van der Waals surface area contributed by atoms with Crippen molar-refractivity contribution in [2.24, 2.45) is 10.6 Å². The van der Waals surface area contributed by atoms with Crippen molar-refractivity contribution in [2.75, 3.05) is 0 Å². The molecule has 0 amide bonds. The Bertz CT molecular complexity index is 919. The standard InChI is InChI=1S/C22H27NO4/c1-12(2)15-8-7-13(3)9-17(15)27-21(24)20-14(4)19-16(23-25)10-22(5,6)11-18(19)26-20/h7-9,12,25H,10-11H2,1-6H3/b23-16-. The molecule has 0 atom stereocenters. The molecule has 0 saturated carbocycles. The molecule has 1 N–H and O–H groups in total. The van der Waals surface area contributed by atoms with Crippen LogP contribution in [0.25, 0.3) is 0 Å². The highest BCUT2D eigenvalue weighted by atomic mass is 16.5. The molecule has 5 nitrogen and oxygen atoms in total. The summed E-state index contributed by atoms with van der Waals surface area (Å²) < 4.78 is 11.6. The van der Waals surface area contributed by atoms with Gasteiger partial charge >= 0.3 is 5.97 Å². The number of ether oxygens (including phenoxy) is 1. The van der Waals surface area contributed by atoms with Crippen LogP contribution in [-0.4, -0.2) is 16.9 Å². The van der Waals surface area contributed by atoms with Gasteiger partial charge in [-0.2, -0.15) is 0 Å². The van der Waals surface area contributed by atoms with Crippen LogP contribution in [-0.2, 0) is 6.42 Å². The molecule has 1 aromatic carbocycles. The van der Waals surface area contributed by atoms with Crippen molar-refractivity contribution in [3.8, 4) is 5.75 Å². The zero-order chi connectivity index (χ0) is 19.9. The van der Waals surface area contributed by atoms with Gasteiger partial charge in [-0.05, 0) is 48.8 Å². The smallest absolute Gasteiger partial charge is 0.379 e. The summed E-state index contributed by atoms with van der Waals surface area (Å²) in [6.45, 7) is 12.1. The van der Waals surface area contributed by atoms with E-state index in [-0.39, 0.29) is 17.1 Å². The second-order valence-corrected chi connectivity index (χ2v) is 8.50. The van der Waals surface area contributed by atoms with Crippen LogP contribution in [0.2, 0.25) is 0 Å². The van der Waals surface area contributed by atoms with Gasteiger partial charge in [0.25, 0.3) is 0 Å². The Morgan fingerprint density at radius 1 is 1.26 bits per heavy atom. The summed E-state index contributed by atoms with van der Waals surface area (Å²) in [5.41, 5.74) is 3.85. The third-order valence-corrected chi connectivity index (χ3v) is 5.09. The predicted octanol–water partition coefficient (Wildman–Crippen LogP) is 5.39. The summed E-state index contributed by atoms with van der Waals surface area (Å²) in [6.07, 6.45) is 1.30. The molecule has 0 fully saturated rings. The second kappa shape index (κ2) is 6.87. The van der Waals surface area contributed by atoms with Crippen molar-refractivity contribution in [1.29, 1.82) is 0 Å². The van der Waals surface area contributed by atoms with E-state index < -0.39 is 5.97 Å². The monoisotopic (exact) mass is 369 g/mol. The molecule has 0 unspecified atom stereocenters. The average molecular weight is 369 g/mol. The highest BCUT2D eigenvalue weighted by molar-refractivity contribution is 6.06. The lowest BCUT2D eigenvalue weighted by Gasteiger charge is -2.28. The summed E-state index contributed by atoms with van der Waals surface area (Å²) in [4.78, 5) is 12.9. The summed E-state index contributed by atoms with van der Waals surface area (Å²) in [7, 11) is 0. The normalized spacial score (nSPS) is 17.2. The van der Waals surface area contributed by atoms with Gasteiger partial charge in [0.15, 0.2) is 0 Å². The van der Waals surface area contributed by atoms with Crippen molar-refractivity contribution >= 4 is 11.7 Å². The molecule has 27 heavy (non-hydrogen) atoms. The Balaban J connectivity index is 1.99. The number of furan rings is 1. The van der Waals surface area contributed by atoms with Crippen LogP contribution in [0.4, 0.5) is 0 Å². The number of fused-ring (bicyclic) bond motifs is 1. The SMILES string of the molecule is Cc1ccc(C(C)C)c(OC(=O)c2oc3c(c2C)/C(=N\O)CC(C)(C)C3)c1. The minimum Gasteiger partial charge on any atom is -0.453 e. The van der Waals surface area contributed by atoms with E-state index in [1.165, 1.54) is 0 Å². The van der Waals surface area contributed by atoms with E-state index in [4.69, 9.17) is 9.15 Å². The first-order valence-corrected chi connectivity index (χ1v) is 9.29. The second-order valence-electron chi connectivity index (χ2n) is 8.50. The molecule has 0 radical (unpaired) electrons. The van der Waals surface area contributed by atoms with E-state index >= 15 is 0 Å². The average Bonchev–Trinajstić information content (AvgIpc) is 2.89. The molecular weight excluding hydrogens is 342 g/mol. The van der Waals surface area contributed by atoms with Gasteiger partial charge in [0.1, 0.15) is 11.5 Å². The molecule has 0 aliphatic heterocycles. The maximum atomic E-state index is 12.9. The molecular formula is C22H27NO4. The Hall–Kier alpha value is -2.56.